The lowest BCUT2D eigenvalue weighted by atomic mass is 9.97. The molecule has 0 aromatic heterocycles. The highest BCUT2D eigenvalue weighted by Gasteiger charge is 2.27. The Kier molecular flexibility index (Phi) is 5.14. The Morgan fingerprint density at radius 2 is 2.00 bits per heavy atom. The molecule has 0 unspecified atom stereocenters. The number of amides is 1. The van der Waals surface area contributed by atoms with E-state index in [2.05, 4.69) is 32.6 Å². The second kappa shape index (κ2) is 6.40. The van der Waals surface area contributed by atoms with Crippen molar-refractivity contribution in [2.24, 2.45) is 5.73 Å². The van der Waals surface area contributed by atoms with E-state index in [1.807, 2.05) is 31.3 Å². The van der Waals surface area contributed by atoms with Gasteiger partial charge in [0.1, 0.15) is 0 Å². The van der Waals surface area contributed by atoms with Gasteiger partial charge in [0.05, 0.1) is 12.1 Å². The first-order valence-corrected chi connectivity index (χ1v) is 6.50. The summed E-state index contributed by atoms with van der Waals surface area (Å²) in [5.74, 6) is 5.75. The third-order valence-electron chi connectivity index (χ3n) is 3.56. The molecule has 3 nitrogen and oxygen atoms in total. The van der Waals surface area contributed by atoms with Crippen LogP contribution in [0, 0.1) is 11.8 Å². The molecule has 0 spiro atoms. The maximum atomic E-state index is 12.6. The number of carbonyl (C=O) groups excluding carboxylic acids is 1. The molecule has 0 fully saturated rings. The van der Waals surface area contributed by atoms with Crippen LogP contribution in [0.4, 0.5) is 0 Å². The Bertz CT molecular complexity index is 509. The molecule has 0 radical (unpaired) electrons. The van der Waals surface area contributed by atoms with E-state index in [0.29, 0.717) is 12.1 Å². The molecule has 0 aliphatic heterocycles. The lowest BCUT2D eigenvalue weighted by Crippen LogP contribution is -2.44. The minimum atomic E-state index is -0.175. The summed E-state index contributed by atoms with van der Waals surface area (Å²) in [4.78, 5) is 14.3. The standard InChI is InChI=1S/C16H22N2O/c1-5-16(2,3)18(4)15(19)14-11-7-6-9-13(14)10-8-12-17/h6-7,9,11H,5,12,17H2,1-4H3. The normalized spacial score (nSPS) is 10.6. The maximum Gasteiger partial charge on any atom is 0.255 e. The quantitative estimate of drug-likeness (QED) is 0.845. The molecule has 102 valence electrons. The van der Waals surface area contributed by atoms with Crippen LogP contribution >= 0.6 is 0 Å². The highest BCUT2D eigenvalue weighted by Crippen LogP contribution is 2.20. The number of hydrogen-bond donors (Lipinski definition) is 1. The molecule has 0 heterocycles. The predicted octanol–water partition coefficient (Wildman–Crippen LogP) is 2.26. The van der Waals surface area contributed by atoms with Crippen molar-refractivity contribution in [1.82, 2.24) is 4.90 Å². The summed E-state index contributed by atoms with van der Waals surface area (Å²) in [6, 6.07) is 7.39. The fraction of sp³-hybridized carbons (Fsp3) is 0.438. The molecule has 1 aromatic rings. The number of nitrogens with two attached hydrogens (primary N) is 1. The van der Waals surface area contributed by atoms with Crippen LogP contribution < -0.4 is 5.73 Å². The number of carbonyl (C=O) groups is 1. The smallest absolute Gasteiger partial charge is 0.255 e. The van der Waals surface area contributed by atoms with Crippen molar-refractivity contribution in [3.63, 3.8) is 0 Å². The van der Waals surface area contributed by atoms with E-state index in [9.17, 15) is 4.79 Å². The van der Waals surface area contributed by atoms with E-state index in [4.69, 9.17) is 5.73 Å². The number of hydrogen-bond acceptors (Lipinski definition) is 2. The molecule has 0 aliphatic rings. The van der Waals surface area contributed by atoms with Crippen LogP contribution in [0.25, 0.3) is 0 Å². The fourth-order valence-electron chi connectivity index (χ4n) is 1.62. The molecule has 0 aliphatic carbocycles. The van der Waals surface area contributed by atoms with Gasteiger partial charge in [0, 0.05) is 18.2 Å². The van der Waals surface area contributed by atoms with E-state index in [1.54, 1.807) is 4.90 Å². The van der Waals surface area contributed by atoms with Gasteiger partial charge in [-0.25, -0.2) is 0 Å². The zero-order valence-corrected chi connectivity index (χ0v) is 12.2. The molecule has 1 amide bonds. The monoisotopic (exact) mass is 258 g/mol. The van der Waals surface area contributed by atoms with Gasteiger partial charge >= 0.3 is 0 Å². The highest BCUT2D eigenvalue weighted by molar-refractivity contribution is 5.97. The summed E-state index contributed by atoms with van der Waals surface area (Å²) in [5.41, 5.74) is 6.57. The summed E-state index contributed by atoms with van der Waals surface area (Å²) in [6.45, 7) is 6.47. The molecule has 1 aromatic carbocycles. The topological polar surface area (TPSA) is 46.3 Å². The third kappa shape index (κ3) is 3.59. The summed E-state index contributed by atoms with van der Waals surface area (Å²) < 4.78 is 0. The summed E-state index contributed by atoms with van der Waals surface area (Å²) >= 11 is 0. The van der Waals surface area contributed by atoms with Crippen LogP contribution in [-0.4, -0.2) is 29.9 Å². The Hall–Kier alpha value is -1.79. The van der Waals surface area contributed by atoms with Gasteiger partial charge in [-0.1, -0.05) is 30.9 Å². The van der Waals surface area contributed by atoms with Crippen LogP contribution in [0.3, 0.4) is 0 Å². The number of benzene rings is 1. The van der Waals surface area contributed by atoms with Crippen molar-refractivity contribution in [3.8, 4) is 11.8 Å². The first-order chi connectivity index (χ1) is 8.94. The Morgan fingerprint density at radius 1 is 1.37 bits per heavy atom. The average molecular weight is 258 g/mol. The zero-order valence-electron chi connectivity index (χ0n) is 12.2. The summed E-state index contributed by atoms with van der Waals surface area (Å²) in [6.07, 6.45) is 0.895. The van der Waals surface area contributed by atoms with Crippen molar-refractivity contribution < 1.29 is 4.79 Å². The van der Waals surface area contributed by atoms with Crippen LogP contribution in [0.1, 0.15) is 43.1 Å². The zero-order chi connectivity index (χ0) is 14.5. The molecule has 0 saturated heterocycles. The molecule has 1 rings (SSSR count). The van der Waals surface area contributed by atoms with E-state index in [0.717, 1.165) is 12.0 Å². The predicted molar refractivity (Wildman–Crippen MR) is 78.8 cm³/mol. The van der Waals surface area contributed by atoms with Crippen LogP contribution in [0.5, 0.6) is 0 Å². The van der Waals surface area contributed by atoms with Gasteiger partial charge in [0.15, 0.2) is 0 Å². The SMILES string of the molecule is CCC(C)(C)N(C)C(=O)c1ccccc1C#CCN. The van der Waals surface area contributed by atoms with Crippen molar-refractivity contribution in [2.75, 3.05) is 13.6 Å². The van der Waals surface area contributed by atoms with E-state index < -0.39 is 0 Å². The molecular weight excluding hydrogens is 236 g/mol. The van der Waals surface area contributed by atoms with Crippen LogP contribution in [-0.2, 0) is 0 Å². The van der Waals surface area contributed by atoms with Crippen LogP contribution in [0.2, 0.25) is 0 Å². The fourth-order valence-corrected chi connectivity index (χ4v) is 1.62. The molecule has 19 heavy (non-hydrogen) atoms. The first-order valence-electron chi connectivity index (χ1n) is 6.50. The van der Waals surface area contributed by atoms with Gasteiger partial charge in [-0.05, 0) is 32.4 Å². The molecule has 0 bridgehead atoms. The van der Waals surface area contributed by atoms with Gasteiger partial charge in [-0.2, -0.15) is 0 Å². The van der Waals surface area contributed by atoms with Gasteiger partial charge in [-0.15, -0.1) is 0 Å². The van der Waals surface area contributed by atoms with E-state index in [-0.39, 0.29) is 11.4 Å². The molecule has 2 N–H and O–H groups in total. The maximum absolute atomic E-state index is 12.6. The Balaban J connectivity index is 3.13. The average Bonchev–Trinajstić information content (AvgIpc) is 2.43. The number of rotatable bonds is 3. The van der Waals surface area contributed by atoms with Crippen molar-refractivity contribution in [2.45, 2.75) is 32.7 Å². The third-order valence-corrected chi connectivity index (χ3v) is 3.56. The molecule has 0 saturated carbocycles. The Labute approximate surface area is 115 Å². The second-order valence-corrected chi connectivity index (χ2v) is 5.08. The minimum absolute atomic E-state index is 0.00577. The minimum Gasteiger partial charge on any atom is -0.337 e. The van der Waals surface area contributed by atoms with Gasteiger partial charge in [-0.3, -0.25) is 4.79 Å². The van der Waals surface area contributed by atoms with Gasteiger partial charge in [0.2, 0.25) is 0 Å². The first kappa shape index (κ1) is 15.3. The summed E-state index contributed by atoms with van der Waals surface area (Å²) in [7, 11) is 1.83. The highest BCUT2D eigenvalue weighted by atomic mass is 16.2. The van der Waals surface area contributed by atoms with Crippen LogP contribution in [0.15, 0.2) is 24.3 Å². The van der Waals surface area contributed by atoms with Gasteiger partial charge < -0.3 is 10.6 Å². The lowest BCUT2D eigenvalue weighted by molar-refractivity contribution is 0.0620. The van der Waals surface area contributed by atoms with E-state index >= 15 is 0 Å². The number of nitrogens with zero attached hydrogens (tertiary/aromatic N) is 1. The van der Waals surface area contributed by atoms with Crippen molar-refractivity contribution in [1.29, 1.82) is 0 Å². The Morgan fingerprint density at radius 3 is 2.58 bits per heavy atom. The molecule has 3 heteroatoms. The lowest BCUT2D eigenvalue weighted by Gasteiger charge is -2.35. The molecular formula is C16H22N2O. The van der Waals surface area contributed by atoms with Crippen molar-refractivity contribution in [3.05, 3.63) is 35.4 Å². The van der Waals surface area contributed by atoms with Crippen molar-refractivity contribution >= 4 is 5.91 Å². The second-order valence-electron chi connectivity index (χ2n) is 5.08. The van der Waals surface area contributed by atoms with Gasteiger partial charge in [0.25, 0.3) is 5.91 Å². The van der Waals surface area contributed by atoms with E-state index in [1.165, 1.54) is 0 Å². The summed E-state index contributed by atoms with van der Waals surface area (Å²) in [5, 5.41) is 0. The molecule has 0 atom stereocenters. The largest absolute Gasteiger partial charge is 0.337 e.